The number of benzene rings is 2. The highest BCUT2D eigenvalue weighted by Gasteiger charge is 2.19. The van der Waals surface area contributed by atoms with Gasteiger partial charge in [0.1, 0.15) is 12.4 Å². The van der Waals surface area contributed by atoms with E-state index in [1.807, 2.05) is 6.07 Å². The molecule has 0 aliphatic rings. The van der Waals surface area contributed by atoms with E-state index in [0.717, 1.165) is 5.75 Å². The molecular weight excluding hydrogens is 272 g/mol. The van der Waals surface area contributed by atoms with Crippen molar-refractivity contribution in [2.24, 2.45) is 0 Å². The summed E-state index contributed by atoms with van der Waals surface area (Å²) in [6.45, 7) is 12.3. The third kappa shape index (κ3) is 4.21. The van der Waals surface area contributed by atoms with E-state index >= 15 is 0 Å². The van der Waals surface area contributed by atoms with Crippen molar-refractivity contribution in [3.63, 3.8) is 0 Å². The molecule has 0 fully saturated rings. The standard InChI is InChI=1S/C19H26OSi/c1-15(2)18-13-17(21(3,4)5)11-12-19(18)20-14-16-9-7-6-8-10-16/h6-13,15H,14H2,1-5H3. The minimum absolute atomic E-state index is 0.479. The fourth-order valence-electron chi connectivity index (χ4n) is 2.33. The Morgan fingerprint density at radius 2 is 1.62 bits per heavy atom. The van der Waals surface area contributed by atoms with Crippen molar-refractivity contribution in [1.29, 1.82) is 0 Å². The van der Waals surface area contributed by atoms with E-state index in [0.29, 0.717) is 12.5 Å². The van der Waals surface area contributed by atoms with Crippen LogP contribution in [0.2, 0.25) is 19.6 Å². The maximum absolute atomic E-state index is 6.07. The van der Waals surface area contributed by atoms with Crippen LogP contribution >= 0.6 is 0 Å². The summed E-state index contributed by atoms with van der Waals surface area (Å²) in [7, 11) is -1.28. The van der Waals surface area contributed by atoms with Gasteiger partial charge in [-0.3, -0.25) is 0 Å². The van der Waals surface area contributed by atoms with E-state index in [1.54, 1.807) is 0 Å². The lowest BCUT2D eigenvalue weighted by Crippen LogP contribution is -2.37. The van der Waals surface area contributed by atoms with Crippen LogP contribution in [-0.4, -0.2) is 8.07 Å². The number of ether oxygens (including phenoxy) is 1. The average molecular weight is 299 g/mol. The van der Waals surface area contributed by atoms with Gasteiger partial charge in [-0.25, -0.2) is 0 Å². The molecule has 1 nitrogen and oxygen atoms in total. The lowest BCUT2D eigenvalue weighted by atomic mass is 10.0. The summed E-state index contributed by atoms with van der Waals surface area (Å²) in [4.78, 5) is 0. The topological polar surface area (TPSA) is 9.23 Å². The van der Waals surface area contributed by atoms with Crippen molar-refractivity contribution in [1.82, 2.24) is 0 Å². The summed E-state index contributed by atoms with van der Waals surface area (Å²) in [5, 5.41) is 1.50. The molecule has 0 amide bonds. The van der Waals surface area contributed by atoms with Gasteiger partial charge in [0.15, 0.2) is 0 Å². The summed E-state index contributed by atoms with van der Waals surface area (Å²) >= 11 is 0. The molecule has 2 heteroatoms. The van der Waals surface area contributed by atoms with Gasteiger partial charge in [-0.05, 0) is 23.1 Å². The van der Waals surface area contributed by atoms with Gasteiger partial charge in [0.25, 0.3) is 0 Å². The summed E-state index contributed by atoms with van der Waals surface area (Å²) in [5.74, 6) is 1.50. The van der Waals surface area contributed by atoms with Gasteiger partial charge in [-0.15, -0.1) is 0 Å². The van der Waals surface area contributed by atoms with E-state index < -0.39 is 8.07 Å². The molecule has 2 aromatic rings. The van der Waals surface area contributed by atoms with Crippen molar-refractivity contribution in [3.8, 4) is 5.75 Å². The summed E-state index contributed by atoms with van der Waals surface area (Å²) in [6.07, 6.45) is 0. The molecule has 0 radical (unpaired) electrons. The van der Waals surface area contributed by atoms with Crippen LogP contribution in [-0.2, 0) is 6.61 Å². The van der Waals surface area contributed by atoms with Crippen LogP contribution in [0.1, 0.15) is 30.9 Å². The second-order valence-electron chi connectivity index (χ2n) is 6.93. The average Bonchev–Trinajstić information content (AvgIpc) is 2.45. The SMILES string of the molecule is CC(C)c1cc([Si](C)(C)C)ccc1OCc1ccccc1. The summed E-state index contributed by atoms with van der Waals surface area (Å²) in [5.41, 5.74) is 2.53. The van der Waals surface area contributed by atoms with Gasteiger partial charge in [-0.1, -0.05) is 81.1 Å². The first-order valence-corrected chi connectivity index (χ1v) is 11.2. The van der Waals surface area contributed by atoms with E-state index in [-0.39, 0.29) is 0 Å². The first-order chi connectivity index (χ1) is 9.88. The Kier molecular flexibility index (Phi) is 4.89. The van der Waals surface area contributed by atoms with Crippen LogP contribution in [0.25, 0.3) is 0 Å². The predicted molar refractivity (Wildman–Crippen MR) is 94.3 cm³/mol. The Bertz CT molecular complexity index is 582. The van der Waals surface area contributed by atoms with Crippen LogP contribution in [0.5, 0.6) is 5.75 Å². The molecule has 0 aliphatic carbocycles. The fraction of sp³-hybridized carbons (Fsp3) is 0.368. The molecule has 0 aliphatic heterocycles. The highest BCUT2D eigenvalue weighted by molar-refractivity contribution is 6.88. The van der Waals surface area contributed by atoms with Crippen LogP contribution in [0.4, 0.5) is 0 Å². The number of hydrogen-bond acceptors (Lipinski definition) is 1. The predicted octanol–water partition coefficient (Wildman–Crippen LogP) is 4.93. The van der Waals surface area contributed by atoms with Crippen LogP contribution in [0, 0.1) is 0 Å². The van der Waals surface area contributed by atoms with Crippen LogP contribution in [0.3, 0.4) is 0 Å². The summed E-state index contributed by atoms with van der Waals surface area (Å²) < 4.78 is 6.07. The molecule has 2 rings (SSSR count). The number of rotatable bonds is 5. The molecule has 0 saturated carbocycles. The Morgan fingerprint density at radius 1 is 0.952 bits per heavy atom. The second-order valence-corrected chi connectivity index (χ2v) is 12.0. The summed E-state index contributed by atoms with van der Waals surface area (Å²) in [6, 6.07) is 17.1. The zero-order chi connectivity index (χ0) is 15.5. The fourth-order valence-corrected chi connectivity index (χ4v) is 3.50. The van der Waals surface area contributed by atoms with Crippen molar-refractivity contribution in [3.05, 3.63) is 59.7 Å². The molecule has 21 heavy (non-hydrogen) atoms. The Balaban J connectivity index is 2.23. The van der Waals surface area contributed by atoms with Crippen molar-refractivity contribution >= 4 is 13.3 Å². The van der Waals surface area contributed by atoms with E-state index in [4.69, 9.17) is 4.74 Å². The molecule has 0 spiro atoms. The molecule has 112 valence electrons. The highest BCUT2D eigenvalue weighted by atomic mass is 28.3. The molecule has 0 bridgehead atoms. The third-order valence-electron chi connectivity index (χ3n) is 3.73. The number of hydrogen-bond donors (Lipinski definition) is 0. The Hall–Kier alpha value is -1.54. The van der Waals surface area contributed by atoms with Crippen molar-refractivity contribution in [2.45, 2.75) is 46.0 Å². The molecule has 0 atom stereocenters. The first kappa shape index (κ1) is 15.8. The monoisotopic (exact) mass is 298 g/mol. The Morgan fingerprint density at radius 3 is 2.19 bits per heavy atom. The van der Waals surface area contributed by atoms with Gasteiger partial charge < -0.3 is 4.74 Å². The minimum atomic E-state index is -1.28. The molecule has 0 heterocycles. The zero-order valence-corrected chi connectivity index (χ0v) is 14.8. The van der Waals surface area contributed by atoms with Gasteiger partial charge >= 0.3 is 0 Å². The molecule has 0 aromatic heterocycles. The van der Waals surface area contributed by atoms with Gasteiger partial charge in [0.05, 0.1) is 8.07 Å². The normalized spacial score (nSPS) is 11.7. The van der Waals surface area contributed by atoms with Crippen molar-refractivity contribution in [2.75, 3.05) is 0 Å². The van der Waals surface area contributed by atoms with Gasteiger partial charge in [-0.2, -0.15) is 0 Å². The van der Waals surface area contributed by atoms with E-state index in [2.05, 4.69) is 76.0 Å². The highest BCUT2D eigenvalue weighted by Crippen LogP contribution is 2.27. The molecule has 0 N–H and O–H groups in total. The van der Waals surface area contributed by atoms with E-state index in [1.165, 1.54) is 16.3 Å². The molecule has 2 aromatic carbocycles. The van der Waals surface area contributed by atoms with Gasteiger partial charge in [0, 0.05) is 0 Å². The van der Waals surface area contributed by atoms with E-state index in [9.17, 15) is 0 Å². The van der Waals surface area contributed by atoms with Crippen molar-refractivity contribution < 1.29 is 4.74 Å². The maximum atomic E-state index is 6.07. The third-order valence-corrected chi connectivity index (χ3v) is 5.78. The zero-order valence-electron chi connectivity index (χ0n) is 13.8. The lowest BCUT2D eigenvalue weighted by molar-refractivity contribution is 0.302. The molecule has 0 unspecified atom stereocenters. The van der Waals surface area contributed by atoms with Crippen LogP contribution < -0.4 is 9.92 Å². The quantitative estimate of drug-likeness (QED) is 0.711. The smallest absolute Gasteiger partial charge is 0.123 e. The minimum Gasteiger partial charge on any atom is -0.489 e. The molecular formula is C19H26OSi. The molecule has 0 saturated heterocycles. The maximum Gasteiger partial charge on any atom is 0.123 e. The van der Waals surface area contributed by atoms with Crippen LogP contribution in [0.15, 0.2) is 48.5 Å². The Labute approximate surface area is 130 Å². The lowest BCUT2D eigenvalue weighted by Gasteiger charge is -2.21. The van der Waals surface area contributed by atoms with Gasteiger partial charge in [0.2, 0.25) is 0 Å². The first-order valence-electron chi connectivity index (χ1n) is 7.69. The largest absolute Gasteiger partial charge is 0.489 e. The second kappa shape index (κ2) is 6.48.